The normalized spacial score (nSPS) is 10.8. The molecule has 1 aromatic heterocycles. The van der Waals surface area contributed by atoms with E-state index >= 15 is 0 Å². The highest BCUT2D eigenvalue weighted by Crippen LogP contribution is 2.25. The molecule has 0 radical (unpaired) electrons. The highest BCUT2D eigenvalue weighted by atomic mass is 19.2. The van der Waals surface area contributed by atoms with Gasteiger partial charge in [0.15, 0.2) is 29.1 Å². The summed E-state index contributed by atoms with van der Waals surface area (Å²) >= 11 is 0. The van der Waals surface area contributed by atoms with Crippen LogP contribution >= 0.6 is 0 Å². The zero-order chi connectivity index (χ0) is 15.9. The molecular weight excluding hydrogens is 299 g/mol. The molecule has 4 N–H and O–H groups in total. The van der Waals surface area contributed by atoms with Crippen molar-refractivity contribution in [3.63, 3.8) is 0 Å². The molecule has 0 aliphatic heterocycles. The molecule has 21 heavy (non-hydrogen) atoms. The largest absolute Gasteiger partial charge is 0.394 e. The topological polar surface area (TPSA) is 83.8 Å². The van der Waals surface area contributed by atoms with E-state index in [-0.39, 0.29) is 11.5 Å². The Bertz CT molecular complexity index is 714. The average molecular weight is 306 g/mol. The van der Waals surface area contributed by atoms with Gasteiger partial charge in [-0.15, -0.1) is 0 Å². The van der Waals surface area contributed by atoms with Crippen LogP contribution in [0.3, 0.4) is 0 Å². The second kappa shape index (κ2) is 5.04. The van der Waals surface area contributed by atoms with Crippen LogP contribution in [-0.4, -0.2) is 16.1 Å². The lowest BCUT2D eigenvalue weighted by molar-refractivity contribution is 0.101. The van der Waals surface area contributed by atoms with Gasteiger partial charge in [-0.05, 0) is 6.92 Å². The van der Waals surface area contributed by atoms with E-state index in [0.29, 0.717) is 5.69 Å². The Kier molecular flexibility index (Phi) is 3.54. The van der Waals surface area contributed by atoms with Crippen molar-refractivity contribution < 1.29 is 26.7 Å². The summed E-state index contributed by atoms with van der Waals surface area (Å²) in [4.78, 5) is 11.7. The first kappa shape index (κ1) is 14.8. The summed E-state index contributed by atoms with van der Waals surface area (Å²) < 4.78 is 65.7. The summed E-state index contributed by atoms with van der Waals surface area (Å²) in [5.41, 5.74) is 4.18. The molecule has 112 valence electrons. The summed E-state index contributed by atoms with van der Waals surface area (Å²) in [5.74, 6) is -13.1. The van der Waals surface area contributed by atoms with Crippen LogP contribution in [-0.2, 0) is 0 Å². The first-order valence-electron chi connectivity index (χ1n) is 5.38. The standard InChI is InChI=1S/C11H7F5N4O/c1-2-9(17)10(20-19-2)18-11(21)3-4(12)6(14)8(16)7(15)5(3)13/h17H2,1H3,(H2,18,19,20,21). The Morgan fingerprint density at radius 2 is 1.52 bits per heavy atom. The fraction of sp³-hybridized carbons (Fsp3) is 0.0909. The third-order valence-corrected chi connectivity index (χ3v) is 2.66. The second-order valence-corrected chi connectivity index (χ2v) is 4.01. The van der Waals surface area contributed by atoms with Crippen molar-refractivity contribution in [2.45, 2.75) is 6.92 Å². The molecule has 1 amide bonds. The van der Waals surface area contributed by atoms with E-state index in [9.17, 15) is 26.7 Å². The van der Waals surface area contributed by atoms with Gasteiger partial charge >= 0.3 is 0 Å². The monoisotopic (exact) mass is 306 g/mol. The highest BCUT2D eigenvalue weighted by Gasteiger charge is 2.30. The smallest absolute Gasteiger partial charge is 0.263 e. The van der Waals surface area contributed by atoms with Crippen LogP contribution in [0.15, 0.2) is 0 Å². The van der Waals surface area contributed by atoms with Gasteiger partial charge in [-0.3, -0.25) is 9.89 Å². The lowest BCUT2D eigenvalue weighted by Crippen LogP contribution is -2.20. The average Bonchev–Trinajstić information content (AvgIpc) is 2.75. The summed E-state index contributed by atoms with van der Waals surface area (Å²) in [6.45, 7) is 1.50. The minimum Gasteiger partial charge on any atom is -0.394 e. The predicted molar refractivity (Wildman–Crippen MR) is 61.9 cm³/mol. The molecule has 2 rings (SSSR count). The Balaban J connectivity index is 2.47. The van der Waals surface area contributed by atoms with Crippen LogP contribution in [0.5, 0.6) is 0 Å². The Hall–Kier alpha value is -2.65. The van der Waals surface area contributed by atoms with Crippen molar-refractivity contribution in [2.75, 3.05) is 11.1 Å². The number of hydrogen-bond acceptors (Lipinski definition) is 3. The molecule has 0 fully saturated rings. The number of aromatic nitrogens is 2. The lowest BCUT2D eigenvalue weighted by Gasteiger charge is -2.08. The molecule has 0 saturated heterocycles. The van der Waals surface area contributed by atoms with E-state index in [1.165, 1.54) is 6.92 Å². The van der Waals surface area contributed by atoms with Crippen molar-refractivity contribution in [2.24, 2.45) is 0 Å². The summed E-state index contributed by atoms with van der Waals surface area (Å²) in [7, 11) is 0. The van der Waals surface area contributed by atoms with Crippen LogP contribution in [0.2, 0.25) is 0 Å². The fourth-order valence-corrected chi connectivity index (χ4v) is 1.51. The van der Waals surface area contributed by atoms with Crippen LogP contribution in [0.25, 0.3) is 0 Å². The van der Waals surface area contributed by atoms with Crippen molar-refractivity contribution in [3.8, 4) is 0 Å². The van der Waals surface area contributed by atoms with Gasteiger partial charge in [0.05, 0.1) is 11.4 Å². The molecule has 10 heteroatoms. The fourth-order valence-electron chi connectivity index (χ4n) is 1.51. The number of aryl methyl sites for hydroxylation is 1. The molecule has 0 atom stereocenters. The van der Waals surface area contributed by atoms with Crippen LogP contribution < -0.4 is 11.1 Å². The number of carbonyl (C=O) groups is 1. The third-order valence-electron chi connectivity index (χ3n) is 2.66. The predicted octanol–water partition coefficient (Wildman–Crippen LogP) is 2.25. The molecule has 2 aromatic rings. The van der Waals surface area contributed by atoms with E-state index in [1.54, 1.807) is 0 Å². The number of H-pyrrole nitrogens is 1. The maximum Gasteiger partial charge on any atom is 0.263 e. The highest BCUT2D eigenvalue weighted by molar-refractivity contribution is 6.05. The minimum atomic E-state index is -2.35. The molecule has 1 aromatic carbocycles. The van der Waals surface area contributed by atoms with E-state index in [4.69, 9.17) is 5.73 Å². The maximum absolute atomic E-state index is 13.4. The van der Waals surface area contributed by atoms with Crippen molar-refractivity contribution in [1.29, 1.82) is 0 Å². The number of halogens is 5. The number of nitrogen functional groups attached to an aromatic ring is 1. The molecule has 0 aliphatic rings. The molecule has 0 spiro atoms. The van der Waals surface area contributed by atoms with Crippen LogP contribution in [0.1, 0.15) is 16.1 Å². The number of amides is 1. The van der Waals surface area contributed by atoms with E-state index < -0.39 is 40.6 Å². The molecule has 0 bridgehead atoms. The van der Waals surface area contributed by atoms with Gasteiger partial charge in [-0.1, -0.05) is 0 Å². The van der Waals surface area contributed by atoms with Crippen molar-refractivity contribution in [1.82, 2.24) is 10.2 Å². The number of benzene rings is 1. The Morgan fingerprint density at radius 1 is 1.05 bits per heavy atom. The second-order valence-electron chi connectivity index (χ2n) is 4.01. The number of nitrogens with two attached hydrogens (primary N) is 1. The molecule has 5 nitrogen and oxygen atoms in total. The SMILES string of the molecule is Cc1[nH]nc(NC(=O)c2c(F)c(F)c(F)c(F)c2F)c1N. The number of nitrogens with zero attached hydrogens (tertiary/aromatic N) is 1. The number of anilines is 2. The summed E-state index contributed by atoms with van der Waals surface area (Å²) in [6.07, 6.45) is 0. The summed E-state index contributed by atoms with van der Waals surface area (Å²) in [6, 6.07) is 0. The van der Waals surface area contributed by atoms with Gasteiger partial charge in [0.2, 0.25) is 5.82 Å². The van der Waals surface area contributed by atoms with Crippen LogP contribution in [0.4, 0.5) is 33.5 Å². The molecular formula is C11H7F5N4O. The Morgan fingerprint density at radius 3 is 1.95 bits per heavy atom. The molecule has 0 unspecified atom stereocenters. The minimum absolute atomic E-state index is 0.0350. The number of aromatic amines is 1. The van der Waals surface area contributed by atoms with Crippen LogP contribution in [0, 0.1) is 36.0 Å². The van der Waals surface area contributed by atoms with Gasteiger partial charge in [-0.25, -0.2) is 22.0 Å². The number of rotatable bonds is 2. The number of hydrogen-bond donors (Lipinski definition) is 3. The lowest BCUT2D eigenvalue weighted by atomic mass is 10.1. The van der Waals surface area contributed by atoms with Gasteiger partial charge in [-0.2, -0.15) is 5.10 Å². The molecule has 0 saturated carbocycles. The van der Waals surface area contributed by atoms with E-state index in [1.807, 2.05) is 5.32 Å². The zero-order valence-corrected chi connectivity index (χ0v) is 10.3. The van der Waals surface area contributed by atoms with Crippen molar-refractivity contribution >= 4 is 17.4 Å². The maximum atomic E-state index is 13.4. The quantitative estimate of drug-likeness (QED) is 0.452. The number of nitrogens with one attached hydrogen (secondary N) is 2. The molecule has 1 heterocycles. The van der Waals surface area contributed by atoms with Gasteiger partial charge in [0, 0.05) is 0 Å². The van der Waals surface area contributed by atoms with Gasteiger partial charge < -0.3 is 11.1 Å². The van der Waals surface area contributed by atoms with Crippen molar-refractivity contribution in [3.05, 3.63) is 40.3 Å². The third kappa shape index (κ3) is 2.28. The molecule has 0 aliphatic carbocycles. The van der Waals surface area contributed by atoms with E-state index in [0.717, 1.165) is 0 Å². The van der Waals surface area contributed by atoms with Gasteiger partial charge in [0.25, 0.3) is 5.91 Å². The first-order valence-corrected chi connectivity index (χ1v) is 5.38. The van der Waals surface area contributed by atoms with Gasteiger partial charge in [0.1, 0.15) is 5.56 Å². The number of carbonyl (C=O) groups excluding carboxylic acids is 1. The zero-order valence-electron chi connectivity index (χ0n) is 10.3. The first-order chi connectivity index (χ1) is 9.75. The summed E-state index contributed by atoms with van der Waals surface area (Å²) in [5, 5.41) is 7.74. The Labute approximate surface area is 113 Å². The van der Waals surface area contributed by atoms with E-state index in [2.05, 4.69) is 10.2 Å².